The van der Waals surface area contributed by atoms with Gasteiger partial charge in [-0.2, -0.15) is 0 Å². The van der Waals surface area contributed by atoms with Gasteiger partial charge in [-0.3, -0.25) is 4.79 Å². The number of phenolic OH excluding ortho intramolecular Hbond substituents is 1. The van der Waals surface area contributed by atoms with Crippen molar-refractivity contribution in [2.75, 3.05) is 19.6 Å². The first-order chi connectivity index (χ1) is 9.63. The molecule has 0 spiro atoms. The molecule has 1 aliphatic heterocycles. The van der Waals surface area contributed by atoms with E-state index in [0.29, 0.717) is 5.56 Å². The van der Waals surface area contributed by atoms with Gasteiger partial charge in [-0.25, -0.2) is 0 Å². The third-order valence-corrected chi connectivity index (χ3v) is 4.33. The van der Waals surface area contributed by atoms with Crippen molar-refractivity contribution in [3.8, 4) is 5.75 Å². The Kier molecular flexibility index (Phi) is 5.65. The first-order valence-electron chi connectivity index (χ1n) is 7.13. The van der Waals surface area contributed by atoms with E-state index in [4.69, 9.17) is 0 Å². The molecule has 4 nitrogen and oxygen atoms in total. The van der Waals surface area contributed by atoms with Gasteiger partial charge in [-0.15, -0.1) is 0 Å². The van der Waals surface area contributed by atoms with Crippen LogP contribution in [0.1, 0.15) is 36.5 Å². The minimum absolute atomic E-state index is 0.0465. The van der Waals surface area contributed by atoms with Crippen LogP contribution in [0.25, 0.3) is 0 Å². The van der Waals surface area contributed by atoms with Crippen molar-refractivity contribution >= 4 is 28.5 Å². The highest BCUT2D eigenvalue weighted by atomic mass is 127. The molecule has 20 heavy (non-hydrogen) atoms. The molecule has 1 heterocycles. The molecule has 1 aromatic rings. The molecule has 1 fully saturated rings. The minimum atomic E-state index is -0.0465. The first-order valence-corrected chi connectivity index (χ1v) is 8.21. The molecule has 0 atom stereocenters. The van der Waals surface area contributed by atoms with Crippen molar-refractivity contribution in [1.82, 2.24) is 10.2 Å². The Hall–Kier alpha value is -0.820. The summed E-state index contributed by atoms with van der Waals surface area (Å²) in [5.74, 6) is 0.0280. The predicted molar refractivity (Wildman–Crippen MR) is 88.0 cm³/mol. The second-order valence-electron chi connectivity index (χ2n) is 5.14. The van der Waals surface area contributed by atoms with Crippen molar-refractivity contribution in [3.05, 3.63) is 27.3 Å². The van der Waals surface area contributed by atoms with E-state index < -0.39 is 0 Å². The van der Waals surface area contributed by atoms with Crippen molar-refractivity contribution in [2.45, 2.75) is 32.2 Å². The molecule has 0 unspecified atom stereocenters. The van der Waals surface area contributed by atoms with Crippen molar-refractivity contribution in [2.24, 2.45) is 0 Å². The van der Waals surface area contributed by atoms with Gasteiger partial charge in [-0.1, -0.05) is 6.92 Å². The average molecular weight is 388 g/mol. The Morgan fingerprint density at radius 2 is 2.15 bits per heavy atom. The summed E-state index contributed by atoms with van der Waals surface area (Å²) in [6.07, 6.45) is 2.90. The van der Waals surface area contributed by atoms with E-state index in [-0.39, 0.29) is 17.7 Å². The quantitative estimate of drug-likeness (QED) is 0.780. The smallest absolute Gasteiger partial charge is 0.257 e. The summed E-state index contributed by atoms with van der Waals surface area (Å²) < 4.78 is 0.963. The van der Waals surface area contributed by atoms with Crippen molar-refractivity contribution < 1.29 is 9.90 Å². The van der Waals surface area contributed by atoms with Crippen LogP contribution in [0.5, 0.6) is 5.75 Å². The highest BCUT2D eigenvalue weighted by Crippen LogP contribution is 2.24. The SMILES string of the molecule is CCCN(C(=O)c1cc(I)ccc1O)C1CCNCC1. The number of piperidine rings is 1. The molecule has 2 N–H and O–H groups in total. The predicted octanol–water partition coefficient (Wildman–Crippen LogP) is 2.60. The fourth-order valence-electron chi connectivity index (χ4n) is 2.64. The zero-order valence-electron chi connectivity index (χ0n) is 11.7. The van der Waals surface area contributed by atoms with E-state index in [1.54, 1.807) is 18.2 Å². The van der Waals surface area contributed by atoms with Gasteiger partial charge in [0.15, 0.2) is 0 Å². The molecule has 1 saturated heterocycles. The van der Waals surface area contributed by atoms with E-state index in [2.05, 4.69) is 34.8 Å². The minimum Gasteiger partial charge on any atom is -0.507 e. The van der Waals surface area contributed by atoms with Crippen LogP contribution in [0.15, 0.2) is 18.2 Å². The second kappa shape index (κ2) is 7.26. The van der Waals surface area contributed by atoms with Crippen LogP contribution in [0.3, 0.4) is 0 Å². The van der Waals surface area contributed by atoms with E-state index in [9.17, 15) is 9.90 Å². The number of nitrogens with zero attached hydrogens (tertiary/aromatic N) is 1. The van der Waals surface area contributed by atoms with E-state index >= 15 is 0 Å². The number of carbonyl (C=O) groups is 1. The zero-order chi connectivity index (χ0) is 14.5. The molecular formula is C15H21IN2O2. The Morgan fingerprint density at radius 3 is 2.80 bits per heavy atom. The maximum absolute atomic E-state index is 12.7. The topological polar surface area (TPSA) is 52.6 Å². The number of rotatable bonds is 4. The lowest BCUT2D eigenvalue weighted by atomic mass is 10.0. The number of aromatic hydroxyl groups is 1. The summed E-state index contributed by atoms with van der Waals surface area (Å²) >= 11 is 2.16. The molecule has 0 aromatic heterocycles. The van der Waals surface area contributed by atoms with Gasteiger partial charge < -0.3 is 15.3 Å². The monoisotopic (exact) mass is 388 g/mol. The van der Waals surface area contributed by atoms with Gasteiger partial charge in [0.2, 0.25) is 0 Å². The number of phenols is 1. The van der Waals surface area contributed by atoms with Gasteiger partial charge >= 0.3 is 0 Å². The van der Waals surface area contributed by atoms with Gasteiger partial charge in [0.05, 0.1) is 5.56 Å². The van der Waals surface area contributed by atoms with Crippen LogP contribution in [0, 0.1) is 3.57 Å². The Labute approximate surface area is 133 Å². The van der Waals surface area contributed by atoms with E-state index in [1.165, 1.54) is 0 Å². The van der Waals surface area contributed by atoms with Crippen LogP contribution in [0.4, 0.5) is 0 Å². The normalized spacial score (nSPS) is 16.1. The molecular weight excluding hydrogens is 367 g/mol. The zero-order valence-corrected chi connectivity index (χ0v) is 13.9. The molecule has 0 saturated carbocycles. The molecule has 1 amide bonds. The summed E-state index contributed by atoms with van der Waals surface area (Å²) in [6, 6.07) is 5.45. The number of hydrogen-bond acceptors (Lipinski definition) is 3. The van der Waals surface area contributed by atoms with Gasteiger partial charge in [0.25, 0.3) is 5.91 Å². The Morgan fingerprint density at radius 1 is 1.45 bits per heavy atom. The van der Waals surface area contributed by atoms with Crippen LogP contribution >= 0.6 is 22.6 Å². The van der Waals surface area contributed by atoms with E-state index in [0.717, 1.165) is 42.5 Å². The maximum Gasteiger partial charge on any atom is 0.257 e. The average Bonchev–Trinajstić information content (AvgIpc) is 2.47. The molecule has 1 aliphatic rings. The Balaban J connectivity index is 2.23. The number of hydrogen-bond donors (Lipinski definition) is 2. The summed E-state index contributed by atoms with van der Waals surface area (Å²) in [5.41, 5.74) is 0.420. The summed E-state index contributed by atoms with van der Waals surface area (Å²) in [5, 5.41) is 13.3. The highest BCUT2D eigenvalue weighted by Gasteiger charge is 2.27. The third kappa shape index (κ3) is 3.63. The van der Waals surface area contributed by atoms with Crippen LogP contribution in [-0.4, -0.2) is 41.6 Å². The molecule has 0 bridgehead atoms. The lowest BCUT2D eigenvalue weighted by molar-refractivity contribution is 0.0639. The fourth-order valence-corrected chi connectivity index (χ4v) is 3.13. The van der Waals surface area contributed by atoms with Crippen LogP contribution < -0.4 is 5.32 Å². The first kappa shape index (κ1) is 15.6. The molecule has 0 aliphatic carbocycles. The van der Waals surface area contributed by atoms with E-state index in [1.807, 2.05) is 4.90 Å². The molecule has 1 aromatic carbocycles. The van der Waals surface area contributed by atoms with Crippen molar-refractivity contribution in [1.29, 1.82) is 0 Å². The second-order valence-corrected chi connectivity index (χ2v) is 6.39. The van der Waals surface area contributed by atoms with Crippen LogP contribution in [0.2, 0.25) is 0 Å². The number of carbonyl (C=O) groups excluding carboxylic acids is 1. The maximum atomic E-state index is 12.7. The number of benzene rings is 1. The lowest BCUT2D eigenvalue weighted by Gasteiger charge is -2.34. The Bertz CT molecular complexity index is 473. The number of halogens is 1. The standard InChI is InChI=1S/C15H21IN2O2/c1-2-9-18(12-5-7-17-8-6-12)15(20)13-10-11(16)3-4-14(13)19/h3-4,10,12,17,19H,2,5-9H2,1H3. The number of nitrogens with one attached hydrogen (secondary N) is 1. The molecule has 2 rings (SSSR count). The van der Waals surface area contributed by atoms with Gasteiger partial charge in [-0.05, 0) is 73.1 Å². The largest absolute Gasteiger partial charge is 0.507 e. The fraction of sp³-hybridized carbons (Fsp3) is 0.533. The number of amides is 1. The van der Waals surface area contributed by atoms with Gasteiger partial charge in [0, 0.05) is 16.2 Å². The highest BCUT2D eigenvalue weighted by molar-refractivity contribution is 14.1. The molecule has 110 valence electrons. The third-order valence-electron chi connectivity index (χ3n) is 3.66. The van der Waals surface area contributed by atoms with Crippen LogP contribution in [-0.2, 0) is 0 Å². The van der Waals surface area contributed by atoms with Gasteiger partial charge in [0.1, 0.15) is 5.75 Å². The lowest BCUT2D eigenvalue weighted by Crippen LogP contribution is -2.46. The summed E-state index contributed by atoms with van der Waals surface area (Å²) in [7, 11) is 0. The summed E-state index contributed by atoms with van der Waals surface area (Å²) in [4.78, 5) is 14.7. The molecule has 0 radical (unpaired) electrons. The summed E-state index contributed by atoms with van der Waals surface area (Å²) in [6.45, 7) is 4.73. The van der Waals surface area contributed by atoms with Crippen molar-refractivity contribution in [3.63, 3.8) is 0 Å². The molecule has 5 heteroatoms.